The number of hydrogen-bond donors (Lipinski definition) is 1. The Balaban J connectivity index is 1.60. The molecule has 0 aromatic carbocycles. The van der Waals surface area contributed by atoms with Crippen LogP contribution >= 0.6 is 0 Å². The van der Waals surface area contributed by atoms with Crippen LogP contribution in [0.1, 0.15) is 45.4 Å². The molecule has 82 valence electrons. The van der Waals surface area contributed by atoms with Crippen LogP contribution in [-0.4, -0.2) is 25.3 Å². The molecular formula is C12H23NO. The maximum Gasteiger partial charge on any atom is 0.0700 e. The van der Waals surface area contributed by atoms with E-state index in [0.29, 0.717) is 6.10 Å². The summed E-state index contributed by atoms with van der Waals surface area (Å²) in [4.78, 5) is 0. The molecule has 1 heterocycles. The molecule has 0 amide bonds. The normalized spacial score (nSPS) is 29.4. The minimum absolute atomic E-state index is 0.503. The molecule has 0 spiro atoms. The highest BCUT2D eigenvalue weighted by Crippen LogP contribution is 2.34. The average Bonchev–Trinajstić information content (AvgIpc) is 2.86. The van der Waals surface area contributed by atoms with Crippen molar-refractivity contribution in [1.29, 1.82) is 0 Å². The number of rotatable bonds is 6. The predicted molar refractivity (Wildman–Crippen MR) is 58.4 cm³/mol. The first-order valence-electron chi connectivity index (χ1n) is 6.23. The minimum atomic E-state index is 0.503. The molecule has 14 heavy (non-hydrogen) atoms. The van der Waals surface area contributed by atoms with Crippen LogP contribution in [0.25, 0.3) is 0 Å². The van der Waals surface area contributed by atoms with Crippen LogP contribution in [0.2, 0.25) is 0 Å². The van der Waals surface area contributed by atoms with Crippen molar-refractivity contribution < 1.29 is 4.74 Å². The van der Waals surface area contributed by atoms with Gasteiger partial charge in [0.15, 0.2) is 0 Å². The molecule has 0 bridgehead atoms. The van der Waals surface area contributed by atoms with Gasteiger partial charge in [0.25, 0.3) is 0 Å². The topological polar surface area (TPSA) is 21.3 Å². The van der Waals surface area contributed by atoms with Crippen molar-refractivity contribution in [2.45, 2.75) is 57.6 Å². The first-order chi connectivity index (χ1) is 6.88. The summed E-state index contributed by atoms with van der Waals surface area (Å²) in [5, 5.41) is 3.66. The molecule has 2 nitrogen and oxygen atoms in total. The molecule has 1 aliphatic heterocycles. The first-order valence-corrected chi connectivity index (χ1v) is 6.23. The fourth-order valence-electron chi connectivity index (χ4n) is 2.25. The third kappa shape index (κ3) is 3.25. The summed E-state index contributed by atoms with van der Waals surface area (Å²) in [7, 11) is 0. The monoisotopic (exact) mass is 197 g/mol. The zero-order valence-electron chi connectivity index (χ0n) is 9.30. The van der Waals surface area contributed by atoms with Crippen molar-refractivity contribution in [2.75, 3.05) is 13.2 Å². The Bertz CT molecular complexity index is 162. The van der Waals surface area contributed by atoms with Crippen LogP contribution in [0.4, 0.5) is 0 Å². The Morgan fingerprint density at radius 3 is 2.79 bits per heavy atom. The minimum Gasteiger partial charge on any atom is -0.377 e. The molecule has 1 saturated carbocycles. The van der Waals surface area contributed by atoms with Gasteiger partial charge in [-0.05, 0) is 31.6 Å². The van der Waals surface area contributed by atoms with Crippen molar-refractivity contribution >= 4 is 0 Å². The maximum absolute atomic E-state index is 5.61. The Morgan fingerprint density at radius 1 is 1.36 bits per heavy atom. The zero-order chi connectivity index (χ0) is 9.80. The molecule has 2 unspecified atom stereocenters. The lowest BCUT2D eigenvalue weighted by atomic mass is 10.1. The third-order valence-electron chi connectivity index (χ3n) is 3.47. The van der Waals surface area contributed by atoms with Gasteiger partial charge in [0.2, 0.25) is 0 Å². The standard InChI is InChI=1S/C12H23NO/c1-2-11(8-10-5-6-10)13-9-12-4-3-7-14-12/h10-13H,2-9H2,1H3. The van der Waals surface area contributed by atoms with Crippen LogP contribution in [0.5, 0.6) is 0 Å². The van der Waals surface area contributed by atoms with Crippen molar-refractivity contribution in [3.8, 4) is 0 Å². The highest BCUT2D eigenvalue weighted by molar-refractivity contribution is 4.80. The predicted octanol–water partition coefficient (Wildman–Crippen LogP) is 2.33. The molecule has 1 saturated heterocycles. The van der Waals surface area contributed by atoms with Gasteiger partial charge in [-0.25, -0.2) is 0 Å². The molecule has 2 rings (SSSR count). The Hall–Kier alpha value is -0.0800. The van der Waals surface area contributed by atoms with E-state index in [2.05, 4.69) is 12.2 Å². The van der Waals surface area contributed by atoms with Gasteiger partial charge < -0.3 is 10.1 Å². The van der Waals surface area contributed by atoms with E-state index in [1.807, 2.05) is 0 Å². The summed E-state index contributed by atoms with van der Waals surface area (Å²) in [5.74, 6) is 1.04. The van der Waals surface area contributed by atoms with Crippen LogP contribution in [0.15, 0.2) is 0 Å². The van der Waals surface area contributed by atoms with Gasteiger partial charge in [-0.2, -0.15) is 0 Å². The van der Waals surface area contributed by atoms with Gasteiger partial charge in [-0.15, -0.1) is 0 Å². The van der Waals surface area contributed by atoms with E-state index in [4.69, 9.17) is 4.74 Å². The molecular weight excluding hydrogens is 174 g/mol. The summed E-state index contributed by atoms with van der Waals surface area (Å²) in [6.45, 7) is 4.34. The van der Waals surface area contributed by atoms with E-state index in [1.54, 1.807) is 0 Å². The van der Waals surface area contributed by atoms with E-state index >= 15 is 0 Å². The highest BCUT2D eigenvalue weighted by atomic mass is 16.5. The number of nitrogens with one attached hydrogen (secondary N) is 1. The Labute approximate surface area is 87.4 Å². The van der Waals surface area contributed by atoms with E-state index in [9.17, 15) is 0 Å². The second-order valence-electron chi connectivity index (χ2n) is 4.83. The SMILES string of the molecule is CCC(CC1CC1)NCC1CCCO1. The van der Waals surface area contributed by atoms with Crippen LogP contribution in [-0.2, 0) is 4.74 Å². The molecule has 0 aromatic rings. The summed E-state index contributed by atoms with van der Waals surface area (Å²) in [6.07, 6.45) is 8.62. The molecule has 1 aliphatic carbocycles. The zero-order valence-corrected chi connectivity index (χ0v) is 9.30. The fourth-order valence-corrected chi connectivity index (χ4v) is 2.25. The molecule has 1 N–H and O–H groups in total. The second kappa shape index (κ2) is 5.13. The largest absolute Gasteiger partial charge is 0.377 e. The van der Waals surface area contributed by atoms with Gasteiger partial charge >= 0.3 is 0 Å². The molecule has 0 aromatic heterocycles. The van der Waals surface area contributed by atoms with Gasteiger partial charge in [0.1, 0.15) is 0 Å². The highest BCUT2D eigenvalue weighted by Gasteiger charge is 2.25. The molecule has 0 radical (unpaired) electrons. The van der Waals surface area contributed by atoms with E-state index in [-0.39, 0.29) is 0 Å². The van der Waals surface area contributed by atoms with Crippen molar-refractivity contribution in [3.05, 3.63) is 0 Å². The third-order valence-corrected chi connectivity index (χ3v) is 3.47. The quantitative estimate of drug-likeness (QED) is 0.705. The van der Waals surface area contributed by atoms with E-state index in [0.717, 1.165) is 25.1 Å². The molecule has 2 atom stereocenters. The van der Waals surface area contributed by atoms with E-state index < -0.39 is 0 Å². The van der Waals surface area contributed by atoms with Gasteiger partial charge in [-0.3, -0.25) is 0 Å². The molecule has 2 fully saturated rings. The number of ether oxygens (including phenoxy) is 1. The number of hydrogen-bond acceptors (Lipinski definition) is 2. The van der Waals surface area contributed by atoms with Crippen LogP contribution < -0.4 is 5.32 Å². The van der Waals surface area contributed by atoms with Crippen LogP contribution in [0, 0.1) is 5.92 Å². The van der Waals surface area contributed by atoms with E-state index in [1.165, 1.54) is 38.5 Å². The summed E-state index contributed by atoms with van der Waals surface area (Å²) in [6, 6.07) is 0.742. The second-order valence-corrected chi connectivity index (χ2v) is 4.83. The fraction of sp³-hybridized carbons (Fsp3) is 1.00. The lowest BCUT2D eigenvalue weighted by Gasteiger charge is -2.19. The van der Waals surface area contributed by atoms with Gasteiger partial charge in [0, 0.05) is 19.2 Å². The van der Waals surface area contributed by atoms with Crippen molar-refractivity contribution in [3.63, 3.8) is 0 Å². The lowest BCUT2D eigenvalue weighted by Crippen LogP contribution is -2.35. The van der Waals surface area contributed by atoms with Crippen LogP contribution in [0.3, 0.4) is 0 Å². The smallest absolute Gasteiger partial charge is 0.0700 e. The Morgan fingerprint density at radius 2 is 2.21 bits per heavy atom. The molecule has 2 aliphatic rings. The molecule has 2 heteroatoms. The lowest BCUT2D eigenvalue weighted by molar-refractivity contribution is 0.106. The van der Waals surface area contributed by atoms with Crippen molar-refractivity contribution in [1.82, 2.24) is 5.32 Å². The summed E-state index contributed by atoms with van der Waals surface area (Å²) in [5.41, 5.74) is 0. The summed E-state index contributed by atoms with van der Waals surface area (Å²) >= 11 is 0. The average molecular weight is 197 g/mol. The maximum atomic E-state index is 5.61. The van der Waals surface area contributed by atoms with Gasteiger partial charge in [0.05, 0.1) is 6.10 Å². The van der Waals surface area contributed by atoms with Crippen molar-refractivity contribution in [2.24, 2.45) is 5.92 Å². The Kier molecular flexibility index (Phi) is 3.82. The first kappa shape index (κ1) is 10.4. The van der Waals surface area contributed by atoms with Gasteiger partial charge in [-0.1, -0.05) is 19.8 Å². The summed E-state index contributed by atoms with van der Waals surface area (Å²) < 4.78 is 5.61.